The van der Waals surface area contributed by atoms with E-state index in [4.69, 9.17) is 5.73 Å². The molecule has 0 aliphatic carbocycles. The highest BCUT2D eigenvalue weighted by atomic mass is 14.6. The van der Waals surface area contributed by atoms with Crippen LogP contribution in [0.4, 0.5) is 0 Å². The van der Waals surface area contributed by atoms with Crippen LogP contribution in [0.2, 0.25) is 0 Å². The average Bonchev–Trinajstić information content (AvgIpc) is 1.84. The highest BCUT2D eigenvalue weighted by molar-refractivity contribution is 4.84. The van der Waals surface area contributed by atoms with Crippen LogP contribution in [0.1, 0.15) is 27.2 Å². The Balaban J connectivity index is 3.58. The molecule has 0 saturated heterocycles. The Morgan fingerprint density at radius 2 is 2.00 bits per heavy atom. The summed E-state index contributed by atoms with van der Waals surface area (Å²) < 4.78 is 0. The van der Waals surface area contributed by atoms with Gasteiger partial charge in [-0.25, -0.2) is 0 Å². The lowest BCUT2D eigenvalue weighted by Gasteiger charge is -2.19. The highest BCUT2D eigenvalue weighted by Crippen LogP contribution is 2.17. The van der Waals surface area contributed by atoms with Gasteiger partial charge in [-0.05, 0) is 25.3 Å². The predicted molar refractivity (Wildman–Crippen MR) is 42.3 cm³/mol. The van der Waals surface area contributed by atoms with E-state index in [0.29, 0.717) is 0 Å². The van der Waals surface area contributed by atoms with E-state index in [1.807, 2.05) is 6.92 Å². The van der Waals surface area contributed by atoms with E-state index < -0.39 is 0 Å². The van der Waals surface area contributed by atoms with Crippen molar-refractivity contribution in [2.45, 2.75) is 27.2 Å². The fourth-order valence-corrected chi connectivity index (χ4v) is 0.520. The minimum absolute atomic E-state index is 0.284. The van der Waals surface area contributed by atoms with Crippen LogP contribution in [0.3, 0.4) is 0 Å². The van der Waals surface area contributed by atoms with Crippen LogP contribution in [0, 0.1) is 5.41 Å². The lowest BCUT2D eigenvalue weighted by atomic mass is 9.90. The Bertz CT molecular complexity index is 92.7. The van der Waals surface area contributed by atoms with Crippen molar-refractivity contribution in [1.29, 1.82) is 0 Å². The molecule has 0 fully saturated rings. The first-order valence-corrected chi connectivity index (χ1v) is 3.43. The first-order chi connectivity index (χ1) is 4.12. The van der Waals surface area contributed by atoms with Gasteiger partial charge in [0.2, 0.25) is 0 Å². The third-order valence-electron chi connectivity index (χ3n) is 1.46. The zero-order chi connectivity index (χ0) is 7.33. The molecule has 2 N–H and O–H groups in total. The molecule has 0 aromatic rings. The number of hydrogen-bond acceptors (Lipinski definition) is 1. The Labute approximate surface area is 57.9 Å². The number of nitrogens with two attached hydrogens (primary N) is 1. The molecule has 0 aliphatic rings. The molecule has 1 heteroatoms. The third kappa shape index (κ3) is 4.22. The molecular formula is C8H17N. The van der Waals surface area contributed by atoms with Crippen molar-refractivity contribution in [3.05, 3.63) is 12.2 Å². The number of rotatable bonds is 3. The molecule has 0 bridgehead atoms. The van der Waals surface area contributed by atoms with Gasteiger partial charge < -0.3 is 5.73 Å². The maximum Gasteiger partial charge on any atom is -0.00229 e. The second-order valence-electron chi connectivity index (χ2n) is 3.14. The quantitative estimate of drug-likeness (QED) is 0.576. The van der Waals surface area contributed by atoms with Crippen molar-refractivity contribution in [2.75, 3.05) is 6.54 Å². The van der Waals surface area contributed by atoms with Gasteiger partial charge in [0.05, 0.1) is 0 Å². The minimum Gasteiger partial charge on any atom is -0.330 e. The van der Waals surface area contributed by atoms with E-state index in [0.717, 1.165) is 13.0 Å². The molecule has 0 atom stereocenters. The summed E-state index contributed by atoms with van der Waals surface area (Å²) in [5.74, 6) is 0. The molecule has 0 radical (unpaired) electrons. The van der Waals surface area contributed by atoms with E-state index in [1.54, 1.807) is 0 Å². The van der Waals surface area contributed by atoms with Crippen molar-refractivity contribution in [3.8, 4) is 0 Å². The SMILES string of the molecule is CC=CCC(C)(C)CN. The number of allylic oxidation sites excluding steroid dienone is 2. The van der Waals surface area contributed by atoms with E-state index >= 15 is 0 Å². The van der Waals surface area contributed by atoms with Crippen molar-refractivity contribution in [3.63, 3.8) is 0 Å². The van der Waals surface area contributed by atoms with Gasteiger partial charge in [-0.2, -0.15) is 0 Å². The Morgan fingerprint density at radius 1 is 1.44 bits per heavy atom. The predicted octanol–water partition coefficient (Wildman–Crippen LogP) is 1.94. The van der Waals surface area contributed by atoms with Crippen molar-refractivity contribution in [1.82, 2.24) is 0 Å². The average molecular weight is 127 g/mol. The largest absolute Gasteiger partial charge is 0.330 e. The van der Waals surface area contributed by atoms with Crippen LogP contribution in [-0.2, 0) is 0 Å². The summed E-state index contributed by atoms with van der Waals surface area (Å²) in [6, 6.07) is 0. The van der Waals surface area contributed by atoms with Crippen molar-refractivity contribution >= 4 is 0 Å². The van der Waals surface area contributed by atoms with Gasteiger partial charge in [0.1, 0.15) is 0 Å². The van der Waals surface area contributed by atoms with Gasteiger partial charge >= 0.3 is 0 Å². The zero-order valence-corrected chi connectivity index (χ0v) is 6.65. The molecule has 0 aromatic carbocycles. The van der Waals surface area contributed by atoms with Gasteiger partial charge in [0.15, 0.2) is 0 Å². The van der Waals surface area contributed by atoms with Gasteiger partial charge in [0, 0.05) is 0 Å². The van der Waals surface area contributed by atoms with Crippen LogP contribution in [0.5, 0.6) is 0 Å². The fourth-order valence-electron chi connectivity index (χ4n) is 0.520. The van der Waals surface area contributed by atoms with Crippen LogP contribution in [0.25, 0.3) is 0 Å². The summed E-state index contributed by atoms with van der Waals surface area (Å²) in [5.41, 5.74) is 5.80. The molecule has 0 aromatic heterocycles. The van der Waals surface area contributed by atoms with Crippen molar-refractivity contribution in [2.24, 2.45) is 11.1 Å². The van der Waals surface area contributed by atoms with E-state index in [1.165, 1.54) is 0 Å². The molecule has 9 heavy (non-hydrogen) atoms. The zero-order valence-electron chi connectivity index (χ0n) is 6.65. The van der Waals surface area contributed by atoms with Gasteiger partial charge in [-0.15, -0.1) is 0 Å². The highest BCUT2D eigenvalue weighted by Gasteiger charge is 2.11. The molecule has 0 amide bonds. The van der Waals surface area contributed by atoms with E-state index in [-0.39, 0.29) is 5.41 Å². The molecule has 0 rings (SSSR count). The van der Waals surface area contributed by atoms with E-state index in [2.05, 4.69) is 26.0 Å². The first kappa shape index (κ1) is 8.70. The summed E-state index contributed by atoms with van der Waals surface area (Å²) in [7, 11) is 0. The molecule has 0 spiro atoms. The van der Waals surface area contributed by atoms with Crippen molar-refractivity contribution < 1.29 is 0 Å². The van der Waals surface area contributed by atoms with Crippen LogP contribution < -0.4 is 5.73 Å². The topological polar surface area (TPSA) is 26.0 Å². The van der Waals surface area contributed by atoms with E-state index in [9.17, 15) is 0 Å². The van der Waals surface area contributed by atoms with Crippen LogP contribution in [-0.4, -0.2) is 6.54 Å². The summed E-state index contributed by atoms with van der Waals surface area (Å²) in [6.45, 7) is 7.14. The maximum absolute atomic E-state index is 5.51. The van der Waals surface area contributed by atoms with Crippen LogP contribution in [0.15, 0.2) is 12.2 Å². The summed E-state index contributed by atoms with van der Waals surface area (Å²) in [4.78, 5) is 0. The van der Waals surface area contributed by atoms with Gasteiger partial charge in [0.25, 0.3) is 0 Å². The smallest absolute Gasteiger partial charge is 0.00229 e. The summed E-state index contributed by atoms with van der Waals surface area (Å²) in [6.07, 6.45) is 5.31. The molecule has 0 saturated carbocycles. The first-order valence-electron chi connectivity index (χ1n) is 3.43. The molecule has 0 heterocycles. The summed E-state index contributed by atoms with van der Waals surface area (Å²) >= 11 is 0. The molecule has 0 unspecified atom stereocenters. The second kappa shape index (κ2) is 3.67. The fraction of sp³-hybridized carbons (Fsp3) is 0.750. The standard InChI is InChI=1S/C8H17N/c1-4-5-6-8(2,3)7-9/h4-5H,6-7,9H2,1-3H3. The Hall–Kier alpha value is -0.300. The lowest BCUT2D eigenvalue weighted by molar-refractivity contribution is 0.385. The van der Waals surface area contributed by atoms with Gasteiger partial charge in [-0.3, -0.25) is 0 Å². The Kier molecular flexibility index (Phi) is 3.55. The number of hydrogen-bond donors (Lipinski definition) is 1. The maximum atomic E-state index is 5.51. The van der Waals surface area contributed by atoms with Crippen LogP contribution >= 0.6 is 0 Å². The lowest BCUT2D eigenvalue weighted by Crippen LogP contribution is -2.22. The minimum atomic E-state index is 0.284. The normalized spacial score (nSPS) is 12.9. The molecule has 1 nitrogen and oxygen atoms in total. The monoisotopic (exact) mass is 127 g/mol. The molecule has 0 aliphatic heterocycles. The third-order valence-corrected chi connectivity index (χ3v) is 1.46. The molecule has 54 valence electrons. The second-order valence-corrected chi connectivity index (χ2v) is 3.14. The Morgan fingerprint density at radius 3 is 2.33 bits per heavy atom. The molecular weight excluding hydrogens is 110 g/mol. The summed E-state index contributed by atoms with van der Waals surface area (Å²) in [5, 5.41) is 0. The van der Waals surface area contributed by atoms with Gasteiger partial charge in [-0.1, -0.05) is 26.0 Å².